The molecule has 7 heteroatoms. The van der Waals surface area contributed by atoms with Crippen molar-refractivity contribution < 1.29 is 23.8 Å². The highest BCUT2D eigenvalue weighted by Crippen LogP contribution is 2.25. The van der Waals surface area contributed by atoms with Gasteiger partial charge in [0, 0.05) is 18.7 Å². The zero-order valence-electron chi connectivity index (χ0n) is 14.6. The largest absolute Gasteiger partial charge is 0.480 e. The lowest BCUT2D eigenvalue weighted by molar-refractivity contribution is -0.143. The van der Waals surface area contributed by atoms with E-state index in [-0.39, 0.29) is 11.5 Å². The Balaban J connectivity index is 2.26. The van der Waals surface area contributed by atoms with Crippen molar-refractivity contribution in [2.24, 2.45) is 5.92 Å². The predicted molar refractivity (Wildman–Crippen MR) is 90.6 cm³/mol. The number of carbonyl (C=O) groups excluding carboxylic acids is 1. The van der Waals surface area contributed by atoms with Crippen molar-refractivity contribution in [1.82, 2.24) is 10.2 Å². The Bertz CT molecular complexity index is 602. The molecule has 0 aromatic heterocycles. The highest BCUT2D eigenvalue weighted by Gasteiger charge is 2.33. The van der Waals surface area contributed by atoms with E-state index < -0.39 is 29.8 Å². The predicted octanol–water partition coefficient (Wildman–Crippen LogP) is 1.81. The number of hydrogen-bond acceptors (Lipinski definition) is 4. The summed E-state index contributed by atoms with van der Waals surface area (Å²) in [5.41, 5.74) is 0.246. The van der Waals surface area contributed by atoms with Crippen molar-refractivity contribution in [3.05, 3.63) is 35.6 Å². The summed E-state index contributed by atoms with van der Waals surface area (Å²) >= 11 is 0. The Morgan fingerprint density at radius 2 is 1.92 bits per heavy atom. The molecule has 1 saturated heterocycles. The topological polar surface area (TPSA) is 78.9 Å². The lowest BCUT2D eigenvalue weighted by Gasteiger charge is -2.34. The van der Waals surface area contributed by atoms with Gasteiger partial charge in [-0.2, -0.15) is 0 Å². The van der Waals surface area contributed by atoms with Gasteiger partial charge < -0.3 is 15.2 Å². The van der Waals surface area contributed by atoms with Gasteiger partial charge in [0.05, 0.1) is 13.2 Å². The smallest absolute Gasteiger partial charge is 0.326 e. The molecular weight excluding hydrogens is 327 g/mol. The van der Waals surface area contributed by atoms with Gasteiger partial charge in [0.25, 0.3) is 0 Å². The molecule has 0 bridgehead atoms. The number of nitrogens with one attached hydrogen (secondary N) is 1. The maximum absolute atomic E-state index is 14.3. The maximum Gasteiger partial charge on any atom is 0.326 e. The van der Waals surface area contributed by atoms with Crippen molar-refractivity contribution in [3.63, 3.8) is 0 Å². The molecule has 0 radical (unpaired) electrons. The molecule has 0 unspecified atom stereocenters. The molecule has 25 heavy (non-hydrogen) atoms. The molecule has 1 aromatic carbocycles. The van der Waals surface area contributed by atoms with Crippen LogP contribution in [0, 0.1) is 11.7 Å². The van der Waals surface area contributed by atoms with E-state index in [1.165, 1.54) is 6.07 Å². The van der Waals surface area contributed by atoms with Crippen LogP contribution in [-0.2, 0) is 14.3 Å². The average Bonchev–Trinajstić information content (AvgIpc) is 2.57. The van der Waals surface area contributed by atoms with Crippen molar-refractivity contribution in [1.29, 1.82) is 0 Å². The van der Waals surface area contributed by atoms with Crippen LogP contribution in [0.3, 0.4) is 0 Å². The van der Waals surface area contributed by atoms with Crippen molar-refractivity contribution in [2.75, 3.05) is 26.3 Å². The third-order valence-electron chi connectivity index (χ3n) is 4.18. The minimum absolute atomic E-state index is 0.108. The highest BCUT2D eigenvalue weighted by molar-refractivity contribution is 5.87. The first-order valence-corrected chi connectivity index (χ1v) is 8.49. The number of carbonyl (C=O) groups is 2. The Morgan fingerprint density at radius 1 is 1.28 bits per heavy atom. The van der Waals surface area contributed by atoms with Crippen LogP contribution >= 0.6 is 0 Å². The Kier molecular flexibility index (Phi) is 6.90. The molecule has 1 aliphatic rings. The molecule has 1 aromatic rings. The summed E-state index contributed by atoms with van der Waals surface area (Å²) in [6.07, 6.45) is 0.314. The molecule has 1 fully saturated rings. The van der Waals surface area contributed by atoms with E-state index in [1.807, 2.05) is 18.7 Å². The first-order chi connectivity index (χ1) is 11.9. The van der Waals surface area contributed by atoms with Gasteiger partial charge in [0.1, 0.15) is 17.9 Å². The molecule has 2 atom stereocenters. The first-order valence-electron chi connectivity index (χ1n) is 8.49. The lowest BCUT2D eigenvalue weighted by Crippen LogP contribution is -2.50. The van der Waals surface area contributed by atoms with Crippen LogP contribution in [0.2, 0.25) is 0 Å². The highest BCUT2D eigenvalue weighted by atomic mass is 19.1. The molecule has 0 aliphatic carbocycles. The molecule has 1 aliphatic heterocycles. The summed E-state index contributed by atoms with van der Waals surface area (Å²) in [7, 11) is 0. The molecule has 138 valence electrons. The van der Waals surface area contributed by atoms with Gasteiger partial charge in [-0.1, -0.05) is 32.0 Å². The average molecular weight is 352 g/mol. The molecule has 1 amide bonds. The van der Waals surface area contributed by atoms with Crippen molar-refractivity contribution in [3.8, 4) is 0 Å². The molecule has 2 rings (SSSR count). The monoisotopic (exact) mass is 352 g/mol. The zero-order valence-corrected chi connectivity index (χ0v) is 14.6. The summed E-state index contributed by atoms with van der Waals surface area (Å²) in [6.45, 7) is 5.64. The van der Waals surface area contributed by atoms with Crippen molar-refractivity contribution >= 4 is 11.9 Å². The number of carboxylic acids is 1. The second-order valence-corrected chi connectivity index (χ2v) is 6.60. The van der Waals surface area contributed by atoms with Gasteiger partial charge in [-0.3, -0.25) is 9.69 Å². The number of benzene rings is 1. The van der Waals surface area contributed by atoms with E-state index in [0.29, 0.717) is 32.7 Å². The molecule has 1 heterocycles. The number of rotatable bonds is 7. The van der Waals surface area contributed by atoms with Gasteiger partial charge in [0.15, 0.2) is 0 Å². The summed E-state index contributed by atoms with van der Waals surface area (Å²) in [5.74, 6) is -1.96. The van der Waals surface area contributed by atoms with E-state index in [9.17, 15) is 19.1 Å². The second kappa shape index (κ2) is 8.92. The fourth-order valence-electron chi connectivity index (χ4n) is 2.98. The Labute approximate surface area is 147 Å². The zero-order chi connectivity index (χ0) is 18.4. The number of nitrogens with zero attached hydrogens (tertiary/aromatic N) is 1. The fraction of sp³-hybridized carbons (Fsp3) is 0.556. The van der Waals surface area contributed by atoms with Crippen LogP contribution in [0.15, 0.2) is 24.3 Å². The van der Waals surface area contributed by atoms with Crippen LogP contribution in [0.5, 0.6) is 0 Å². The van der Waals surface area contributed by atoms with Gasteiger partial charge in [-0.15, -0.1) is 0 Å². The SMILES string of the molecule is CC(C)C[C@@H](NC(=O)[C@H](c1ccccc1F)N1CCOCC1)C(=O)O. The Hall–Kier alpha value is -1.99. The minimum atomic E-state index is -1.09. The lowest BCUT2D eigenvalue weighted by atomic mass is 10.0. The van der Waals surface area contributed by atoms with Gasteiger partial charge in [-0.05, 0) is 18.4 Å². The fourth-order valence-corrected chi connectivity index (χ4v) is 2.98. The maximum atomic E-state index is 14.3. The van der Waals surface area contributed by atoms with Crippen LogP contribution in [-0.4, -0.2) is 54.2 Å². The summed E-state index contributed by atoms with van der Waals surface area (Å²) in [4.78, 5) is 26.1. The second-order valence-electron chi connectivity index (χ2n) is 6.60. The number of halogens is 1. The number of ether oxygens (including phenoxy) is 1. The summed E-state index contributed by atoms with van der Waals surface area (Å²) in [5, 5.41) is 11.9. The van der Waals surface area contributed by atoms with E-state index in [2.05, 4.69) is 5.32 Å². The molecule has 2 N–H and O–H groups in total. The van der Waals surface area contributed by atoms with Crippen molar-refractivity contribution in [2.45, 2.75) is 32.4 Å². The molecule has 0 saturated carbocycles. The normalized spacial score (nSPS) is 17.9. The molecule has 0 spiro atoms. The van der Waals surface area contributed by atoms with Gasteiger partial charge >= 0.3 is 5.97 Å². The van der Waals surface area contributed by atoms with Crippen LogP contribution in [0.1, 0.15) is 31.9 Å². The Morgan fingerprint density at radius 3 is 2.48 bits per heavy atom. The minimum Gasteiger partial charge on any atom is -0.480 e. The number of carboxylic acid groups (broad SMARTS) is 1. The molecular formula is C18H25FN2O4. The molecule has 6 nitrogen and oxygen atoms in total. The third-order valence-corrected chi connectivity index (χ3v) is 4.18. The number of aliphatic carboxylic acids is 1. The van der Waals surface area contributed by atoms with Crippen LogP contribution < -0.4 is 5.32 Å². The van der Waals surface area contributed by atoms with Crippen LogP contribution in [0.25, 0.3) is 0 Å². The number of amides is 1. The van der Waals surface area contributed by atoms with Crippen LogP contribution in [0.4, 0.5) is 4.39 Å². The van der Waals surface area contributed by atoms with Gasteiger partial charge in [0.2, 0.25) is 5.91 Å². The first kappa shape index (κ1) is 19.3. The third kappa shape index (κ3) is 5.24. The summed E-state index contributed by atoms with van der Waals surface area (Å²) < 4.78 is 19.6. The number of morpholine rings is 1. The van der Waals surface area contributed by atoms with E-state index in [0.717, 1.165) is 0 Å². The van der Waals surface area contributed by atoms with E-state index in [1.54, 1.807) is 18.2 Å². The quantitative estimate of drug-likeness (QED) is 0.782. The van der Waals surface area contributed by atoms with E-state index >= 15 is 0 Å². The van der Waals surface area contributed by atoms with Gasteiger partial charge in [-0.25, -0.2) is 9.18 Å². The van der Waals surface area contributed by atoms with E-state index in [4.69, 9.17) is 4.74 Å². The number of hydrogen-bond donors (Lipinski definition) is 2. The summed E-state index contributed by atoms with van der Waals surface area (Å²) in [6, 6.07) is 4.22. The standard InChI is InChI=1S/C18H25FN2O4/c1-12(2)11-15(18(23)24)20-17(22)16(21-7-9-25-10-8-21)13-5-3-4-6-14(13)19/h3-6,12,15-16H,7-11H2,1-2H3,(H,20,22)(H,23,24)/t15-,16+/m1/s1.